The molecule has 3 heterocycles. The Morgan fingerprint density at radius 2 is 1.97 bits per heavy atom. The number of nitrogens with zero attached hydrogens (tertiary/aromatic N) is 6. The van der Waals surface area contributed by atoms with E-state index in [0.717, 1.165) is 11.2 Å². The standard InChI is InChI=1S/C17H11F5N6O2/c1-28(16(29)10-4-11(7-23-5-10)17(20,21)22)25-8-12-3-2-9(6-24-12)14-26-27-15(30-14)13(18)19/h2-8,13H,1H3/b25-8+. The van der Waals surface area contributed by atoms with Gasteiger partial charge >= 0.3 is 12.6 Å². The van der Waals surface area contributed by atoms with Gasteiger partial charge in [0, 0.05) is 25.6 Å². The van der Waals surface area contributed by atoms with Crippen molar-refractivity contribution >= 4 is 12.1 Å². The zero-order valence-corrected chi connectivity index (χ0v) is 15.0. The molecule has 0 spiro atoms. The summed E-state index contributed by atoms with van der Waals surface area (Å²) in [5, 5.41) is 11.3. The Morgan fingerprint density at radius 1 is 1.20 bits per heavy atom. The summed E-state index contributed by atoms with van der Waals surface area (Å²) in [5.41, 5.74) is -0.793. The number of pyridine rings is 2. The summed E-state index contributed by atoms with van der Waals surface area (Å²) in [6.07, 6.45) is -3.48. The van der Waals surface area contributed by atoms with E-state index in [2.05, 4.69) is 25.3 Å². The molecule has 3 aromatic heterocycles. The lowest BCUT2D eigenvalue weighted by atomic mass is 10.2. The van der Waals surface area contributed by atoms with Crippen molar-refractivity contribution in [1.29, 1.82) is 0 Å². The number of hydrogen-bond acceptors (Lipinski definition) is 7. The first kappa shape index (κ1) is 21.0. The molecule has 0 saturated carbocycles. The van der Waals surface area contributed by atoms with Gasteiger partial charge in [-0.05, 0) is 18.2 Å². The first-order valence-electron chi connectivity index (χ1n) is 8.07. The molecule has 0 bridgehead atoms. The number of hydrogen-bond donors (Lipinski definition) is 0. The number of hydrazone groups is 1. The minimum atomic E-state index is -4.63. The predicted octanol–water partition coefficient (Wildman–Crippen LogP) is 3.59. The van der Waals surface area contributed by atoms with Crippen LogP contribution >= 0.6 is 0 Å². The molecule has 1 amide bonds. The van der Waals surface area contributed by atoms with Crippen molar-refractivity contribution in [2.45, 2.75) is 12.6 Å². The van der Waals surface area contributed by atoms with Gasteiger partial charge in [-0.2, -0.15) is 27.1 Å². The lowest BCUT2D eigenvalue weighted by Crippen LogP contribution is -2.22. The number of rotatable bonds is 5. The van der Waals surface area contributed by atoms with Crippen LogP contribution in [0.5, 0.6) is 0 Å². The Kier molecular flexibility index (Phi) is 5.80. The van der Waals surface area contributed by atoms with Crippen molar-refractivity contribution in [3.8, 4) is 11.5 Å². The van der Waals surface area contributed by atoms with Crippen LogP contribution in [0.25, 0.3) is 11.5 Å². The smallest absolute Gasteiger partial charge is 0.415 e. The van der Waals surface area contributed by atoms with Crippen LogP contribution in [0.4, 0.5) is 22.0 Å². The minimum Gasteiger partial charge on any atom is -0.415 e. The highest BCUT2D eigenvalue weighted by molar-refractivity contribution is 5.94. The van der Waals surface area contributed by atoms with Crippen LogP contribution < -0.4 is 0 Å². The van der Waals surface area contributed by atoms with Crippen molar-refractivity contribution in [1.82, 2.24) is 25.2 Å². The van der Waals surface area contributed by atoms with Gasteiger partial charge in [0.05, 0.1) is 28.6 Å². The van der Waals surface area contributed by atoms with Crippen LogP contribution in [-0.4, -0.2) is 44.3 Å². The molecule has 3 rings (SSSR count). The van der Waals surface area contributed by atoms with E-state index in [-0.39, 0.29) is 22.7 Å². The van der Waals surface area contributed by atoms with Gasteiger partial charge in [0.25, 0.3) is 11.8 Å². The molecule has 0 aromatic carbocycles. The van der Waals surface area contributed by atoms with Gasteiger partial charge in [-0.3, -0.25) is 14.8 Å². The van der Waals surface area contributed by atoms with Gasteiger partial charge in [-0.25, -0.2) is 5.01 Å². The number of carbonyl (C=O) groups is 1. The molecule has 0 N–H and O–H groups in total. The van der Waals surface area contributed by atoms with Crippen molar-refractivity contribution in [2.75, 3.05) is 7.05 Å². The molecule has 0 saturated heterocycles. The first-order valence-corrected chi connectivity index (χ1v) is 8.07. The predicted molar refractivity (Wildman–Crippen MR) is 91.4 cm³/mol. The van der Waals surface area contributed by atoms with Crippen LogP contribution in [0, 0.1) is 0 Å². The lowest BCUT2D eigenvalue weighted by molar-refractivity contribution is -0.137. The molecule has 156 valence electrons. The number of carbonyl (C=O) groups excluding carboxylic acids is 1. The molecule has 13 heteroatoms. The van der Waals surface area contributed by atoms with Crippen molar-refractivity contribution < 1.29 is 31.2 Å². The van der Waals surface area contributed by atoms with Crippen LogP contribution in [-0.2, 0) is 6.18 Å². The first-order chi connectivity index (χ1) is 14.1. The molecule has 30 heavy (non-hydrogen) atoms. The fourth-order valence-electron chi connectivity index (χ4n) is 2.14. The fourth-order valence-corrected chi connectivity index (χ4v) is 2.14. The Bertz CT molecular complexity index is 1070. The monoisotopic (exact) mass is 426 g/mol. The summed E-state index contributed by atoms with van der Waals surface area (Å²) in [6.45, 7) is 0. The van der Waals surface area contributed by atoms with E-state index < -0.39 is 30.0 Å². The second-order valence-corrected chi connectivity index (χ2v) is 5.75. The third-order valence-electron chi connectivity index (χ3n) is 3.63. The summed E-state index contributed by atoms with van der Waals surface area (Å²) in [6, 6.07) is 3.57. The maximum Gasteiger partial charge on any atom is 0.417 e. The van der Waals surface area contributed by atoms with Crippen LogP contribution in [0.2, 0.25) is 0 Å². The van der Waals surface area contributed by atoms with E-state index in [0.29, 0.717) is 12.3 Å². The minimum absolute atomic E-state index is 0.148. The van der Waals surface area contributed by atoms with E-state index in [4.69, 9.17) is 4.42 Å². The van der Waals surface area contributed by atoms with Gasteiger partial charge in [-0.15, -0.1) is 10.2 Å². The Morgan fingerprint density at radius 3 is 2.57 bits per heavy atom. The largest absolute Gasteiger partial charge is 0.417 e. The number of aromatic nitrogens is 4. The van der Waals surface area contributed by atoms with Gasteiger partial charge < -0.3 is 4.42 Å². The Balaban J connectivity index is 1.70. The third kappa shape index (κ3) is 4.79. The fraction of sp³-hybridized carbons (Fsp3) is 0.176. The van der Waals surface area contributed by atoms with Gasteiger partial charge in [0.2, 0.25) is 5.89 Å². The molecular weight excluding hydrogens is 415 g/mol. The second kappa shape index (κ2) is 8.31. The molecule has 0 aliphatic rings. The van der Waals surface area contributed by atoms with Gasteiger partial charge in [0.15, 0.2) is 0 Å². The van der Waals surface area contributed by atoms with Gasteiger partial charge in [-0.1, -0.05) is 0 Å². The van der Waals surface area contributed by atoms with E-state index in [1.807, 2.05) is 0 Å². The molecule has 0 unspecified atom stereocenters. The van der Waals surface area contributed by atoms with Crippen molar-refractivity contribution in [3.63, 3.8) is 0 Å². The molecule has 8 nitrogen and oxygen atoms in total. The summed E-state index contributed by atoms with van der Waals surface area (Å²) in [5.74, 6) is -1.78. The molecular formula is C17H11F5N6O2. The zero-order valence-electron chi connectivity index (χ0n) is 15.0. The average molecular weight is 426 g/mol. The van der Waals surface area contributed by atoms with E-state index in [9.17, 15) is 26.7 Å². The highest BCUT2D eigenvalue weighted by atomic mass is 19.4. The van der Waals surface area contributed by atoms with Crippen LogP contribution in [0.15, 0.2) is 46.3 Å². The zero-order chi connectivity index (χ0) is 21.9. The van der Waals surface area contributed by atoms with E-state index in [1.165, 1.54) is 31.6 Å². The Labute approximate surface area is 165 Å². The molecule has 0 aliphatic carbocycles. The topological polar surface area (TPSA) is 97.4 Å². The summed E-state index contributed by atoms with van der Waals surface area (Å²) in [7, 11) is 1.25. The summed E-state index contributed by atoms with van der Waals surface area (Å²) < 4.78 is 68.0. The third-order valence-corrected chi connectivity index (χ3v) is 3.63. The average Bonchev–Trinajstić information content (AvgIpc) is 3.22. The molecule has 0 atom stereocenters. The highest BCUT2D eigenvalue weighted by Crippen LogP contribution is 2.29. The molecule has 0 aliphatic heterocycles. The maximum absolute atomic E-state index is 12.7. The number of amides is 1. The number of alkyl halides is 5. The van der Waals surface area contributed by atoms with Crippen LogP contribution in [0.1, 0.15) is 33.9 Å². The quantitative estimate of drug-likeness (QED) is 0.351. The lowest BCUT2D eigenvalue weighted by Gasteiger charge is -2.12. The van der Waals surface area contributed by atoms with E-state index in [1.54, 1.807) is 0 Å². The van der Waals surface area contributed by atoms with E-state index >= 15 is 0 Å². The molecule has 0 radical (unpaired) electrons. The SMILES string of the molecule is CN(/N=C/c1ccc(-c2nnc(C(F)F)o2)cn1)C(=O)c1cncc(C(F)(F)F)c1. The summed E-state index contributed by atoms with van der Waals surface area (Å²) in [4.78, 5) is 19.7. The normalized spacial score (nSPS) is 12.0. The Hall–Kier alpha value is -3.77. The van der Waals surface area contributed by atoms with Gasteiger partial charge in [0.1, 0.15) is 0 Å². The summed E-state index contributed by atoms with van der Waals surface area (Å²) >= 11 is 0. The van der Waals surface area contributed by atoms with Crippen molar-refractivity contribution in [3.05, 3.63) is 59.5 Å². The van der Waals surface area contributed by atoms with Crippen LogP contribution in [0.3, 0.4) is 0 Å². The van der Waals surface area contributed by atoms with Crippen molar-refractivity contribution in [2.24, 2.45) is 5.10 Å². The maximum atomic E-state index is 12.7. The second-order valence-electron chi connectivity index (χ2n) is 5.75. The molecule has 3 aromatic rings. The highest BCUT2D eigenvalue weighted by Gasteiger charge is 2.31. The molecule has 0 fully saturated rings. The number of halogens is 5.